The van der Waals surface area contributed by atoms with Gasteiger partial charge in [-0.25, -0.2) is 0 Å². The van der Waals surface area contributed by atoms with Gasteiger partial charge < -0.3 is 4.43 Å². The Morgan fingerprint density at radius 2 is 2.00 bits per heavy atom. The molecule has 0 saturated carbocycles. The summed E-state index contributed by atoms with van der Waals surface area (Å²) in [4.78, 5) is 15.1. The van der Waals surface area contributed by atoms with Crippen molar-refractivity contribution in [2.75, 3.05) is 11.6 Å². The van der Waals surface area contributed by atoms with Crippen LogP contribution < -0.4 is 9.80 Å². The Morgan fingerprint density at radius 3 is 2.82 bits per heavy atom. The zero-order valence-electron chi connectivity index (χ0n) is 19.9. The number of thiophene rings is 1. The third-order valence-corrected chi connectivity index (χ3v) is 12.1. The molecule has 0 spiro atoms. The molecule has 7 heteroatoms. The summed E-state index contributed by atoms with van der Waals surface area (Å²) in [6, 6.07) is 12.6. The third-order valence-electron chi connectivity index (χ3n) is 6.75. The normalized spacial score (nSPS) is 16.8. The summed E-state index contributed by atoms with van der Waals surface area (Å²) >= 11 is 1.77. The number of rotatable bonds is 5. The Hall–Kier alpha value is -2.58. The summed E-state index contributed by atoms with van der Waals surface area (Å²) < 4.78 is 6.41. The molecule has 0 atom stereocenters. The number of benzene rings is 1. The molecule has 0 unspecified atom stereocenters. The fourth-order valence-electron chi connectivity index (χ4n) is 3.63. The van der Waals surface area contributed by atoms with Gasteiger partial charge in [0.25, 0.3) is 5.84 Å². The highest BCUT2D eigenvalue weighted by molar-refractivity contribution is 7.10. The van der Waals surface area contributed by atoms with Gasteiger partial charge in [0.15, 0.2) is 14.5 Å². The maximum Gasteiger partial charge on any atom is 0.285 e. The van der Waals surface area contributed by atoms with E-state index >= 15 is 0 Å². The van der Waals surface area contributed by atoms with E-state index in [4.69, 9.17) is 9.42 Å². The van der Waals surface area contributed by atoms with Gasteiger partial charge in [-0.3, -0.25) is 9.88 Å². The second-order valence-electron chi connectivity index (χ2n) is 10.1. The predicted octanol–water partition coefficient (Wildman–Crippen LogP) is 6.66. The number of aromatic nitrogens is 1. The summed E-state index contributed by atoms with van der Waals surface area (Å²) in [5, 5.41) is 3.56. The highest BCUT2D eigenvalue weighted by atomic mass is 32.1. The van der Waals surface area contributed by atoms with Gasteiger partial charge in [-0.15, -0.1) is 11.3 Å². The first-order valence-corrected chi connectivity index (χ1v) is 15.1. The monoisotopic (exact) mass is 474 g/mol. The van der Waals surface area contributed by atoms with Crippen LogP contribution in [0.1, 0.15) is 31.2 Å². The summed E-state index contributed by atoms with van der Waals surface area (Å²) in [6.45, 7) is 12.9. The first-order valence-electron chi connectivity index (χ1n) is 11.3. The van der Waals surface area contributed by atoms with Crippen LogP contribution in [0, 0.1) is 0 Å². The van der Waals surface area contributed by atoms with Crippen LogP contribution in [0.4, 0.5) is 5.69 Å². The molecule has 0 fully saturated rings. The van der Waals surface area contributed by atoms with Crippen molar-refractivity contribution >= 4 is 47.8 Å². The van der Waals surface area contributed by atoms with Gasteiger partial charge in [-0.05, 0) is 36.3 Å². The summed E-state index contributed by atoms with van der Waals surface area (Å²) in [5.74, 6) is 0.964. The molecule has 3 aromatic rings. The molecule has 2 aliphatic heterocycles. The van der Waals surface area contributed by atoms with Crippen LogP contribution in [0.15, 0.2) is 71.4 Å². The molecule has 1 aromatic carbocycles. The fraction of sp³-hybridized carbons (Fsp3) is 0.308. The average Bonchev–Trinajstić information content (AvgIpc) is 3.43. The molecule has 0 bridgehead atoms. The van der Waals surface area contributed by atoms with E-state index in [9.17, 15) is 0 Å². The Labute approximate surface area is 200 Å². The maximum absolute atomic E-state index is 6.41. The van der Waals surface area contributed by atoms with Gasteiger partial charge in [0.1, 0.15) is 5.70 Å². The molecule has 0 saturated heterocycles. The molecule has 2 aliphatic rings. The minimum Gasteiger partial charge on any atom is -0.412 e. The zero-order valence-corrected chi connectivity index (χ0v) is 21.7. The van der Waals surface area contributed by atoms with Crippen LogP contribution in [0.2, 0.25) is 18.1 Å². The molecular weight excluding hydrogens is 444 g/mol. The first kappa shape index (κ1) is 22.2. The van der Waals surface area contributed by atoms with Gasteiger partial charge in [0.05, 0.1) is 17.8 Å². The van der Waals surface area contributed by atoms with E-state index in [1.165, 1.54) is 10.6 Å². The number of aliphatic imine (C=N–C) groups is 1. The van der Waals surface area contributed by atoms with Crippen molar-refractivity contribution in [1.29, 1.82) is 0 Å². The van der Waals surface area contributed by atoms with Gasteiger partial charge in [-0.1, -0.05) is 43.9 Å². The lowest BCUT2D eigenvalue weighted by Gasteiger charge is -2.36. The SMILES string of the molecule is CC(C)(C)[Si](C)(C)OCc1cc(N2C=CC3=NC(c4cnc5ccccc5c4)=C[N+]3C2)cs1. The second-order valence-corrected chi connectivity index (χ2v) is 15.9. The zero-order chi connectivity index (χ0) is 23.2. The molecule has 5 rings (SSSR count). The van der Waals surface area contributed by atoms with Crippen molar-refractivity contribution in [3.8, 4) is 0 Å². The van der Waals surface area contributed by atoms with Crippen molar-refractivity contribution in [3.05, 3.63) is 76.9 Å². The number of para-hydroxylation sites is 1. The lowest BCUT2D eigenvalue weighted by Crippen LogP contribution is -2.41. The average molecular weight is 475 g/mol. The van der Waals surface area contributed by atoms with Crippen molar-refractivity contribution in [3.63, 3.8) is 0 Å². The molecule has 2 aromatic heterocycles. The van der Waals surface area contributed by atoms with E-state index in [2.05, 4.69) is 90.7 Å². The minimum absolute atomic E-state index is 0.221. The Balaban J connectivity index is 1.28. The maximum atomic E-state index is 6.41. The van der Waals surface area contributed by atoms with Crippen LogP contribution in [0.3, 0.4) is 0 Å². The molecule has 0 aliphatic carbocycles. The fourth-order valence-corrected chi connectivity index (χ4v) is 5.47. The Kier molecular flexibility index (Phi) is 5.61. The van der Waals surface area contributed by atoms with E-state index < -0.39 is 8.32 Å². The van der Waals surface area contributed by atoms with Gasteiger partial charge in [0.2, 0.25) is 6.67 Å². The van der Waals surface area contributed by atoms with Crippen LogP contribution in [0.25, 0.3) is 16.6 Å². The topological polar surface area (TPSA) is 43.6 Å². The van der Waals surface area contributed by atoms with Crippen LogP contribution in [-0.4, -0.2) is 25.8 Å². The van der Waals surface area contributed by atoms with Crippen molar-refractivity contribution in [2.45, 2.75) is 45.5 Å². The largest absolute Gasteiger partial charge is 0.412 e. The molecular formula is C26H30N4OSSi+. The number of anilines is 1. The summed E-state index contributed by atoms with van der Waals surface area (Å²) in [6.07, 6.45) is 8.22. The second kappa shape index (κ2) is 8.33. The van der Waals surface area contributed by atoms with Gasteiger partial charge in [0, 0.05) is 39.7 Å². The molecule has 1 radical (unpaired) electrons. The van der Waals surface area contributed by atoms with E-state index in [1.807, 2.05) is 24.4 Å². The van der Waals surface area contributed by atoms with Crippen molar-refractivity contribution in [1.82, 2.24) is 9.88 Å². The third kappa shape index (κ3) is 4.46. The Morgan fingerprint density at radius 1 is 1.18 bits per heavy atom. The predicted molar refractivity (Wildman–Crippen MR) is 142 cm³/mol. The molecule has 0 N–H and O–H groups in total. The number of hydrogen-bond donors (Lipinski definition) is 0. The highest BCUT2D eigenvalue weighted by Crippen LogP contribution is 2.38. The van der Waals surface area contributed by atoms with Crippen molar-refractivity contribution in [2.24, 2.45) is 4.99 Å². The van der Waals surface area contributed by atoms with Gasteiger partial charge in [-0.2, -0.15) is 4.99 Å². The number of hydrogen-bond acceptors (Lipinski definition) is 6. The lowest BCUT2D eigenvalue weighted by atomic mass is 10.1. The van der Waals surface area contributed by atoms with E-state index in [0.29, 0.717) is 6.61 Å². The first-order chi connectivity index (χ1) is 15.7. The van der Waals surface area contributed by atoms with E-state index in [0.717, 1.165) is 34.7 Å². The number of fused-ring (bicyclic) bond motifs is 2. The smallest absolute Gasteiger partial charge is 0.285 e. The molecule has 0 amide bonds. The van der Waals surface area contributed by atoms with Crippen LogP contribution in [0.5, 0.6) is 0 Å². The van der Waals surface area contributed by atoms with E-state index in [1.54, 1.807) is 11.3 Å². The number of amidine groups is 1. The standard InChI is InChI=1S/C26H30N4OSSi/c1-26(2,3)33(4,5)31-16-22-13-21(17-32-22)29-11-10-25-28-24(15-30(25)18-29)20-12-19-8-6-7-9-23(19)27-14-20/h6-15,17H,16,18H2,1-5H3/q+1. The molecule has 169 valence electrons. The van der Waals surface area contributed by atoms with Crippen LogP contribution >= 0.6 is 11.3 Å². The molecule has 33 heavy (non-hydrogen) atoms. The quantitative estimate of drug-likeness (QED) is 0.307. The molecule has 5 nitrogen and oxygen atoms in total. The minimum atomic E-state index is -1.75. The van der Waals surface area contributed by atoms with E-state index in [-0.39, 0.29) is 5.04 Å². The van der Waals surface area contributed by atoms with Gasteiger partial charge >= 0.3 is 0 Å². The summed E-state index contributed by atoms with van der Waals surface area (Å²) in [5.41, 5.74) is 4.18. The number of pyridine rings is 1. The van der Waals surface area contributed by atoms with Crippen molar-refractivity contribution < 1.29 is 4.43 Å². The lowest BCUT2D eigenvalue weighted by molar-refractivity contribution is 0.279. The highest BCUT2D eigenvalue weighted by Gasteiger charge is 2.37. The number of nitrogens with zero attached hydrogens (tertiary/aromatic N) is 4. The molecule has 4 heterocycles. The summed E-state index contributed by atoms with van der Waals surface area (Å²) in [7, 11) is -1.75. The Bertz CT molecular complexity index is 1280. The van der Waals surface area contributed by atoms with Crippen LogP contribution in [-0.2, 0) is 11.0 Å².